The van der Waals surface area contributed by atoms with Crippen molar-refractivity contribution >= 4 is 11.9 Å². The lowest BCUT2D eigenvalue weighted by molar-refractivity contribution is -0.143. The molecule has 0 aliphatic carbocycles. The second-order valence-corrected chi connectivity index (χ2v) is 5.11. The average Bonchev–Trinajstić information content (AvgIpc) is 2.52. The van der Waals surface area contributed by atoms with Crippen LogP contribution in [0.15, 0.2) is 23.2 Å². The fraction of sp³-hybridized carbons (Fsp3) is 0.529. The van der Waals surface area contributed by atoms with Crippen molar-refractivity contribution in [3.8, 4) is 0 Å². The number of halogens is 1. The number of hydrogen-bond donors (Lipinski definition) is 2. The highest BCUT2D eigenvalue weighted by Crippen LogP contribution is 2.10. The Hall–Kier alpha value is -2.11. The van der Waals surface area contributed by atoms with Crippen LogP contribution in [-0.2, 0) is 16.1 Å². The summed E-state index contributed by atoms with van der Waals surface area (Å²) in [6, 6.07) is 4.99. The number of carbonyl (C=O) groups is 1. The third-order valence-corrected chi connectivity index (χ3v) is 3.14. The topological polar surface area (TPSA) is 62.7 Å². The largest absolute Gasteiger partial charge is 0.466 e. The maximum absolute atomic E-state index is 13.2. The van der Waals surface area contributed by atoms with Gasteiger partial charge in [-0.2, -0.15) is 0 Å². The normalized spacial score (nSPS) is 11.2. The van der Waals surface area contributed by atoms with E-state index in [1.165, 1.54) is 6.07 Å². The minimum absolute atomic E-state index is 0.182. The number of rotatable bonds is 8. The Balaban J connectivity index is 2.46. The number of aryl methyl sites for hydroxylation is 1. The number of aliphatic imine (C=N–C) groups is 1. The molecule has 0 radical (unpaired) electrons. The Morgan fingerprint density at radius 3 is 2.74 bits per heavy atom. The summed E-state index contributed by atoms with van der Waals surface area (Å²) in [5, 5.41) is 6.31. The van der Waals surface area contributed by atoms with Crippen LogP contribution < -0.4 is 10.6 Å². The lowest BCUT2D eigenvalue weighted by Gasteiger charge is -2.11. The maximum atomic E-state index is 13.2. The van der Waals surface area contributed by atoms with E-state index in [0.717, 1.165) is 12.1 Å². The third-order valence-electron chi connectivity index (χ3n) is 3.14. The fourth-order valence-corrected chi connectivity index (χ4v) is 1.99. The number of esters is 1. The molecule has 0 fully saturated rings. The summed E-state index contributed by atoms with van der Waals surface area (Å²) < 4.78 is 18.1. The van der Waals surface area contributed by atoms with Gasteiger partial charge in [-0.05, 0) is 44.4 Å². The second-order valence-electron chi connectivity index (χ2n) is 5.11. The lowest BCUT2D eigenvalue weighted by atomic mass is 10.1. The average molecular weight is 323 g/mol. The van der Waals surface area contributed by atoms with Gasteiger partial charge < -0.3 is 15.4 Å². The van der Waals surface area contributed by atoms with Crippen molar-refractivity contribution in [2.75, 3.05) is 19.7 Å². The van der Waals surface area contributed by atoms with E-state index in [1.54, 1.807) is 26.0 Å². The number of benzene rings is 1. The zero-order valence-corrected chi connectivity index (χ0v) is 14.1. The van der Waals surface area contributed by atoms with Gasteiger partial charge in [-0.1, -0.05) is 12.1 Å². The van der Waals surface area contributed by atoms with Crippen LogP contribution in [0.3, 0.4) is 0 Å². The summed E-state index contributed by atoms with van der Waals surface area (Å²) in [4.78, 5) is 15.7. The summed E-state index contributed by atoms with van der Waals surface area (Å²) in [6.07, 6.45) is 1.07. The minimum Gasteiger partial charge on any atom is -0.466 e. The Bertz CT molecular complexity index is 533. The molecule has 5 nitrogen and oxygen atoms in total. The van der Waals surface area contributed by atoms with E-state index in [2.05, 4.69) is 15.6 Å². The molecule has 0 amide bonds. The summed E-state index contributed by atoms with van der Waals surface area (Å²) in [6.45, 7) is 7.77. The molecule has 0 heterocycles. The van der Waals surface area contributed by atoms with Crippen LogP contribution in [0.25, 0.3) is 0 Å². The number of nitrogens with one attached hydrogen (secondary N) is 2. The van der Waals surface area contributed by atoms with Gasteiger partial charge in [0.25, 0.3) is 0 Å². The predicted octanol–water partition coefficient (Wildman–Crippen LogP) is 2.53. The molecule has 0 bridgehead atoms. The maximum Gasteiger partial charge on any atom is 0.305 e. The van der Waals surface area contributed by atoms with Crippen LogP contribution in [0.2, 0.25) is 0 Å². The Morgan fingerprint density at radius 2 is 2.09 bits per heavy atom. The van der Waals surface area contributed by atoms with Crippen molar-refractivity contribution < 1.29 is 13.9 Å². The molecule has 0 saturated carbocycles. The molecule has 23 heavy (non-hydrogen) atoms. The molecule has 1 aromatic rings. The molecule has 0 atom stereocenters. The van der Waals surface area contributed by atoms with E-state index in [-0.39, 0.29) is 11.8 Å². The van der Waals surface area contributed by atoms with Crippen LogP contribution in [0, 0.1) is 12.7 Å². The minimum atomic E-state index is -0.207. The van der Waals surface area contributed by atoms with Crippen LogP contribution in [0.5, 0.6) is 0 Å². The molecule has 0 spiro atoms. The van der Waals surface area contributed by atoms with E-state index >= 15 is 0 Å². The SMILES string of the molecule is CCNC(=NCc1ccc(F)c(C)c1)NCCCC(=O)OCC. The first-order valence-electron chi connectivity index (χ1n) is 7.99. The van der Waals surface area contributed by atoms with Crippen LogP contribution in [0.4, 0.5) is 4.39 Å². The van der Waals surface area contributed by atoms with Crippen molar-refractivity contribution in [2.45, 2.75) is 40.2 Å². The molecule has 0 aliphatic rings. The monoisotopic (exact) mass is 323 g/mol. The lowest BCUT2D eigenvalue weighted by Crippen LogP contribution is -2.37. The number of nitrogens with zero attached hydrogens (tertiary/aromatic N) is 1. The van der Waals surface area contributed by atoms with Gasteiger partial charge in [0.05, 0.1) is 13.2 Å². The van der Waals surface area contributed by atoms with E-state index < -0.39 is 0 Å². The number of guanidine groups is 1. The number of ether oxygens (including phenoxy) is 1. The Morgan fingerprint density at radius 1 is 1.30 bits per heavy atom. The summed E-state index contributed by atoms with van der Waals surface area (Å²) in [5.74, 6) is 0.290. The first-order chi connectivity index (χ1) is 11.1. The molecular weight excluding hydrogens is 297 g/mol. The Kier molecular flexibility index (Phi) is 8.72. The van der Waals surface area contributed by atoms with Gasteiger partial charge in [-0.3, -0.25) is 4.79 Å². The summed E-state index contributed by atoms with van der Waals surface area (Å²) >= 11 is 0. The van der Waals surface area contributed by atoms with Gasteiger partial charge in [0, 0.05) is 19.5 Å². The van der Waals surface area contributed by atoms with Crippen molar-refractivity contribution in [2.24, 2.45) is 4.99 Å². The molecule has 128 valence electrons. The fourth-order valence-electron chi connectivity index (χ4n) is 1.99. The molecule has 1 aromatic carbocycles. The molecule has 2 N–H and O–H groups in total. The van der Waals surface area contributed by atoms with Crippen molar-refractivity contribution in [3.63, 3.8) is 0 Å². The van der Waals surface area contributed by atoms with Gasteiger partial charge in [0.2, 0.25) is 0 Å². The number of hydrogen-bond acceptors (Lipinski definition) is 3. The van der Waals surface area contributed by atoms with Crippen LogP contribution in [-0.4, -0.2) is 31.6 Å². The first-order valence-corrected chi connectivity index (χ1v) is 7.99. The van der Waals surface area contributed by atoms with Gasteiger partial charge in [0.1, 0.15) is 5.82 Å². The molecule has 1 rings (SSSR count). The molecule has 0 aromatic heterocycles. The van der Waals surface area contributed by atoms with Crippen LogP contribution >= 0.6 is 0 Å². The second kappa shape index (κ2) is 10.6. The van der Waals surface area contributed by atoms with Gasteiger partial charge in [-0.15, -0.1) is 0 Å². The van der Waals surface area contributed by atoms with E-state index in [4.69, 9.17) is 4.74 Å². The Labute approximate surface area is 137 Å². The van der Waals surface area contributed by atoms with E-state index in [1.807, 2.05) is 6.92 Å². The summed E-state index contributed by atoms with van der Waals surface area (Å²) in [5.41, 5.74) is 1.57. The van der Waals surface area contributed by atoms with Crippen molar-refractivity contribution in [1.82, 2.24) is 10.6 Å². The molecular formula is C17H26FN3O2. The highest BCUT2D eigenvalue weighted by molar-refractivity contribution is 5.79. The van der Waals surface area contributed by atoms with E-state index in [0.29, 0.717) is 44.1 Å². The first kappa shape index (κ1) is 18.9. The third kappa shape index (κ3) is 7.63. The van der Waals surface area contributed by atoms with Crippen molar-refractivity contribution in [1.29, 1.82) is 0 Å². The summed E-state index contributed by atoms with van der Waals surface area (Å²) in [7, 11) is 0. The smallest absolute Gasteiger partial charge is 0.305 e. The number of carbonyl (C=O) groups excluding carboxylic acids is 1. The van der Waals surface area contributed by atoms with Gasteiger partial charge in [0.15, 0.2) is 5.96 Å². The standard InChI is InChI=1S/C17H26FN3O2/c1-4-19-17(20-10-6-7-16(22)23-5-2)21-12-14-8-9-15(18)13(3)11-14/h8-9,11H,4-7,10,12H2,1-3H3,(H2,19,20,21). The highest BCUT2D eigenvalue weighted by atomic mass is 19.1. The van der Waals surface area contributed by atoms with E-state index in [9.17, 15) is 9.18 Å². The van der Waals surface area contributed by atoms with Crippen LogP contribution in [0.1, 0.15) is 37.8 Å². The molecule has 0 aliphatic heterocycles. The van der Waals surface area contributed by atoms with Crippen molar-refractivity contribution in [3.05, 3.63) is 35.1 Å². The quantitative estimate of drug-likeness (QED) is 0.334. The molecule has 0 unspecified atom stereocenters. The molecule has 0 saturated heterocycles. The van der Waals surface area contributed by atoms with Gasteiger partial charge >= 0.3 is 5.97 Å². The highest BCUT2D eigenvalue weighted by Gasteiger charge is 2.03. The molecule has 6 heteroatoms. The predicted molar refractivity (Wildman–Crippen MR) is 89.8 cm³/mol. The zero-order chi connectivity index (χ0) is 17.1. The van der Waals surface area contributed by atoms with Gasteiger partial charge in [-0.25, -0.2) is 9.38 Å². The zero-order valence-electron chi connectivity index (χ0n) is 14.1.